The molecule has 1 N–H and O–H groups in total. The van der Waals surface area contributed by atoms with Crippen LogP contribution in [0, 0.1) is 11.8 Å². The van der Waals surface area contributed by atoms with E-state index in [4.69, 9.17) is 0 Å². The predicted octanol–water partition coefficient (Wildman–Crippen LogP) is 4.08. The molecule has 14 heavy (non-hydrogen) atoms. The van der Waals surface area contributed by atoms with Gasteiger partial charge in [-0.1, -0.05) is 48.5 Å². The second-order valence-electron chi connectivity index (χ2n) is 3.90. The number of hydrogen-bond donors (Lipinski definition) is 1. The molecule has 0 saturated carbocycles. The summed E-state index contributed by atoms with van der Waals surface area (Å²) in [6.45, 7) is 16.2. The van der Waals surface area contributed by atoms with Crippen molar-refractivity contribution >= 4 is 0 Å². The number of hydrogen-bond acceptors (Lipinski definition) is 1. The minimum atomic E-state index is 0.845. The molecule has 1 nitrogen and oxygen atoms in total. The Balaban J connectivity index is 0. The van der Waals surface area contributed by atoms with E-state index in [1.807, 2.05) is 27.7 Å². The first-order valence-corrected chi connectivity index (χ1v) is 6.43. The van der Waals surface area contributed by atoms with Gasteiger partial charge in [-0.05, 0) is 31.2 Å². The molecule has 2 atom stereocenters. The van der Waals surface area contributed by atoms with Crippen molar-refractivity contribution in [3.05, 3.63) is 0 Å². The molecule has 88 valence electrons. The average molecular weight is 201 g/mol. The highest BCUT2D eigenvalue weighted by Crippen LogP contribution is 2.19. The maximum atomic E-state index is 3.43. The third kappa shape index (κ3) is 7.37. The van der Waals surface area contributed by atoms with Crippen LogP contribution in [-0.4, -0.2) is 12.6 Å². The topological polar surface area (TPSA) is 12.0 Å². The maximum absolute atomic E-state index is 3.43. The molecule has 1 aliphatic rings. The van der Waals surface area contributed by atoms with Gasteiger partial charge in [0.15, 0.2) is 0 Å². The molecule has 1 fully saturated rings. The summed E-state index contributed by atoms with van der Waals surface area (Å²) in [4.78, 5) is 0. The monoisotopic (exact) mass is 201 g/mol. The summed E-state index contributed by atoms with van der Waals surface area (Å²) in [5.74, 6) is 1.74. The van der Waals surface area contributed by atoms with Crippen LogP contribution in [0.1, 0.15) is 61.3 Å². The third-order valence-corrected chi connectivity index (χ3v) is 2.72. The summed E-state index contributed by atoms with van der Waals surface area (Å²) in [6.07, 6.45) is 2.77. The van der Waals surface area contributed by atoms with Crippen LogP contribution >= 0.6 is 0 Å². The number of nitrogens with one attached hydrogen (secondary N) is 1. The van der Waals surface area contributed by atoms with Crippen molar-refractivity contribution in [3.8, 4) is 0 Å². The Morgan fingerprint density at radius 3 is 1.71 bits per heavy atom. The molecule has 0 aromatic heterocycles. The molecule has 0 aromatic carbocycles. The Morgan fingerprint density at radius 2 is 1.50 bits per heavy atom. The van der Waals surface area contributed by atoms with Gasteiger partial charge in [0.1, 0.15) is 0 Å². The molecule has 0 radical (unpaired) electrons. The molecule has 1 heterocycles. The Bertz CT molecular complexity index is 95.4. The minimum Gasteiger partial charge on any atom is -0.314 e. The normalized spacial score (nSPS) is 21.0. The number of rotatable bonds is 3. The SMILES string of the molecule is CC.CC.CC(C)C(C)CC1CCN1. The molecule has 0 amide bonds. The van der Waals surface area contributed by atoms with E-state index >= 15 is 0 Å². The van der Waals surface area contributed by atoms with E-state index < -0.39 is 0 Å². The van der Waals surface area contributed by atoms with E-state index in [2.05, 4.69) is 26.1 Å². The molecule has 0 aliphatic carbocycles. The molecule has 1 aliphatic heterocycles. The molecule has 1 rings (SSSR count). The van der Waals surface area contributed by atoms with Crippen LogP contribution in [0.2, 0.25) is 0 Å². The highest BCUT2D eigenvalue weighted by molar-refractivity contribution is 4.79. The molecule has 0 bridgehead atoms. The van der Waals surface area contributed by atoms with Crippen LogP contribution in [0.5, 0.6) is 0 Å². The molecular formula is C13H31N. The molecule has 1 heteroatoms. The van der Waals surface area contributed by atoms with Crippen molar-refractivity contribution < 1.29 is 0 Å². The fourth-order valence-electron chi connectivity index (χ4n) is 1.27. The van der Waals surface area contributed by atoms with Crippen molar-refractivity contribution in [3.63, 3.8) is 0 Å². The van der Waals surface area contributed by atoms with E-state index in [0.717, 1.165) is 17.9 Å². The summed E-state index contributed by atoms with van der Waals surface area (Å²) in [6, 6.07) is 0.845. The first-order valence-electron chi connectivity index (χ1n) is 6.43. The standard InChI is InChI=1S/C9H19N.2C2H6/c1-7(2)8(3)6-9-4-5-10-9;2*1-2/h7-10H,4-6H2,1-3H3;2*1-2H3. The van der Waals surface area contributed by atoms with Crippen molar-refractivity contribution in [1.82, 2.24) is 5.32 Å². The second kappa shape index (κ2) is 11.0. The van der Waals surface area contributed by atoms with Gasteiger partial charge >= 0.3 is 0 Å². The fourth-order valence-corrected chi connectivity index (χ4v) is 1.27. The van der Waals surface area contributed by atoms with Gasteiger partial charge in [-0.15, -0.1) is 0 Å². The van der Waals surface area contributed by atoms with Gasteiger partial charge in [-0.25, -0.2) is 0 Å². The van der Waals surface area contributed by atoms with Gasteiger partial charge in [-0.2, -0.15) is 0 Å². The zero-order valence-electron chi connectivity index (χ0n) is 11.4. The highest BCUT2D eigenvalue weighted by atomic mass is 15.0. The smallest absolute Gasteiger partial charge is 0.00817 e. The van der Waals surface area contributed by atoms with Crippen LogP contribution in [-0.2, 0) is 0 Å². The highest BCUT2D eigenvalue weighted by Gasteiger charge is 2.19. The quantitative estimate of drug-likeness (QED) is 0.725. The lowest BCUT2D eigenvalue weighted by molar-refractivity contribution is 0.270. The van der Waals surface area contributed by atoms with Gasteiger partial charge in [0.25, 0.3) is 0 Å². The summed E-state index contributed by atoms with van der Waals surface area (Å²) in [5, 5.41) is 3.43. The lowest BCUT2D eigenvalue weighted by Gasteiger charge is -2.31. The van der Waals surface area contributed by atoms with E-state index in [9.17, 15) is 0 Å². The first kappa shape index (κ1) is 16.4. The van der Waals surface area contributed by atoms with E-state index in [0.29, 0.717) is 0 Å². The zero-order valence-corrected chi connectivity index (χ0v) is 11.4. The molecular weight excluding hydrogens is 170 g/mol. The van der Waals surface area contributed by atoms with E-state index in [-0.39, 0.29) is 0 Å². The van der Waals surface area contributed by atoms with Crippen molar-refractivity contribution in [1.29, 1.82) is 0 Å². The van der Waals surface area contributed by atoms with Crippen LogP contribution in [0.3, 0.4) is 0 Å². The van der Waals surface area contributed by atoms with Gasteiger partial charge < -0.3 is 5.32 Å². The van der Waals surface area contributed by atoms with Gasteiger partial charge in [-0.3, -0.25) is 0 Å². The lowest BCUT2D eigenvalue weighted by atomic mass is 9.88. The fraction of sp³-hybridized carbons (Fsp3) is 1.00. The molecule has 0 spiro atoms. The lowest BCUT2D eigenvalue weighted by Crippen LogP contribution is -2.44. The molecule has 2 unspecified atom stereocenters. The Labute approximate surface area is 91.7 Å². The van der Waals surface area contributed by atoms with Gasteiger partial charge in [0, 0.05) is 6.04 Å². The van der Waals surface area contributed by atoms with Gasteiger partial charge in [0.2, 0.25) is 0 Å². The van der Waals surface area contributed by atoms with Crippen LogP contribution in [0.4, 0.5) is 0 Å². The van der Waals surface area contributed by atoms with Gasteiger partial charge in [0.05, 0.1) is 0 Å². The van der Waals surface area contributed by atoms with Crippen LogP contribution in [0.15, 0.2) is 0 Å². The maximum Gasteiger partial charge on any atom is 0.00817 e. The Kier molecular flexibility index (Phi) is 12.9. The van der Waals surface area contributed by atoms with E-state index in [1.54, 1.807) is 0 Å². The zero-order chi connectivity index (χ0) is 11.6. The summed E-state index contributed by atoms with van der Waals surface area (Å²) in [7, 11) is 0. The third-order valence-electron chi connectivity index (χ3n) is 2.72. The second-order valence-corrected chi connectivity index (χ2v) is 3.90. The van der Waals surface area contributed by atoms with Crippen molar-refractivity contribution in [2.45, 2.75) is 67.3 Å². The van der Waals surface area contributed by atoms with Crippen LogP contribution in [0.25, 0.3) is 0 Å². The van der Waals surface area contributed by atoms with Crippen molar-refractivity contribution in [2.75, 3.05) is 6.54 Å². The molecule has 0 aromatic rings. The molecule has 1 saturated heterocycles. The summed E-state index contributed by atoms with van der Waals surface area (Å²) >= 11 is 0. The summed E-state index contributed by atoms with van der Waals surface area (Å²) in [5.41, 5.74) is 0. The Hall–Kier alpha value is -0.0400. The van der Waals surface area contributed by atoms with Crippen LogP contribution < -0.4 is 5.32 Å². The minimum absolute atomic E-state index is 0.845. The van der Waals surface area contributed by atoms with E-state index in [1.165, 1.54) is 19.4 Å². The summed E-state index contributed by atoms with van der Waals surface area (Å²) < 4.78 is 0. The predicted molar refractivity (Wildman–Crippen MR) is 67.7 cm³/mol. The largest absolute Gasteiger partial charge is 0.314 e. The average Bonchev–Trinajstić information content (AvgIpc) is 2.17. The van der Waals surface area contributed by atoms with Crippen molar-refractivity contribution in [2.24, 2.45) is 11.8 Å². The first-order chi connectivity index (χ1) is 6.70. The Morgan fingerprint density at radius 1 is 1.07 bits per heavy atom.